The van der Waals surface area contributed by atoms with Crippen LogP contribution in [-0.4, -0.2) is 33.5 Å². The fourth-order valence-corrected chi connectivity index (χ4v) is 2.83. The molecule has 0 spiro atoms. The molecule has 0 aromatic carbocycles. The van der Waals surface area contributed by atoms with Gasteiger partial charge in [0.2, 0.25) is 0 Å². The zero-order chi connectivity index (χ0) is 10.5. The highest BCUT2D eigenvalue weighted by Gasteiger charge is 2.20. The Kier molecular flexibility index (Phi) is 4.14. The maximum absolute atomic E-state index is 5.56. The molecule has 0 amide bonds. The Bertz CT molecular complexity index is 301. The summed E-state index contributed by atoms with van der Waals surface area (Å²) in [6.07, 6.45) is 1.15. The van der Waals surface area contributed by atoms with Crippen molar-refractivity contribution in [3.05, 3.63) is 21.9 Å². The Morgan fingerprint density at radius 2 is 2.47 bits per heavy atom. The molecule has 0 aliphatic carbocycles. The fraction of sp³-hybridized carbons (Fsp3) is 0.636. The van der Waals surface area contributed by atoms with Gasteiger partial charge in [-0.25, -0.2) is 0 Å². The zero-order valence-corrected chi connectivity index (χ0v) is 9.81. The maximum atomic E-state index is 5.56. The molecule has 0 saturated heterocycles. The largest absolute Gasteiger partial charge is 0.382 e. The topological polar surface area (TPSA) is 30.5 Å². The molecule has 2 heterocycles. The van der Waals surface area contributed by atoms with E-state index in [-0.39, 0.29) is 0 Å². The van der Waals surface area contributed by atoms with Crippen molar-refractivity contribution < 1.29 is 9.47 Å². The van der Waals surface area contributed by atoms with Gasteiger partial charge >= 0.3 is 0 Å². The van der Waals surface area contributed by atoms with E-state index >= 15 is 0 Å². The summed E-state index contributed by atoms with van der Waals surface area (Å²) in [6.45, 7) is 3.15. The van der Waals surface area contributed by atoms with Gasteiger partial charge in [0.05, 0.1) is 25.9 Å². The van der Waals surface area contributed by atoms with Crippen molar-refractivity contribution in [1.82, 2.24) is 5.32 Å². The molecule has 2 rings (SSSR count). The molecule has 0 saturated carbocycles. The summed E-state index contributed by atoms with van der Waals surface area (Å²) in [7, 11) is 1.69. The van der Waals surface area contributed by atoms with Crippen LogP contribution in [0.5, 0.6) is 0 Å². The van der Waals surface area contributed by atoms with Crippen molar-refractivity contribution in [2.75, 3.05) is 33.5 Å². The van der Waals surface area contributed by atoms with Crippen LogP contribution in [0.4, 0.5) is 0 Å². The number of nitrogens with one attached hydrogen (secondary N) is 1. The first-order valence-electron chi connectivity index (χ1n) is 5.28. The molecule has 1 aliphatic heterocycles. The van der Waals surface area contributed by atoms with E-state index in [4.69, 9.17) is 9.47 Å². The monoisotopic (exact) mass is 227 g/mol. The van der Waals surface area contributed by atoms with Crippen LogP contribution < -0.4 is 5.32 Å². The van der Waals surface area contributed by atoms with Gasteiger partial charge in [-0.15, -0.1) is 11.3 Å². The van der Waals surface area contributed by atoms with Crippen molar-refractivity contribution in [1.29, 1.82) is 0 Å². The third-order valence-electron chi connectivity index (χ3n) is 2.60. The Morgan fingerprint density at radius 3 is 3.33 bits per heavy atom. The number of thiophene rings is 1. The third-order valence-corrected chi connectivity index (χ3v) is 3.67. The number of hydrogen-bond acceptors (Lipinski definition) is 4. The van der Waals surface area contributed by atoms with Crippen LogP contribution in [0, 0.1) is 0 Å². The minimum absolute atomic E-state index is 0.380. The molecule has 1 atom stereocenters. The lowest BCUT2D eigenvalue weighted by Gasteiger charge is -2.23. The fourth-order valence-electron chi connectivity index (χ4n) is 1.81. The zero-order valence-electron chi connectivity index (χ0n) is 8.99. The Morgan fingerprint density at radius 1 is 1.53 bits per heavy atom. The van der Waals surface area contributed by atoms with Crippen LogP contribution >= 0.6 is 11.3 Å². The van der Waals surface area contributed by atoms with Gasteiger partial charge < -0.3 is 14.8 Å². The second-order valence-corrected chi connectivity index (χ2v) is 4.58. The summed E-state index contributed by atoms with van der Waals surface area (Å²) in [5, 5.41) is 5.65. The van der Waals surface area contributed by atoms with Gasteiger partial charge in [0.15, 0.2) is 0 Å². The van der Waals surface area contributed by atoms with Crippen molar-refractivity contribution >= 4 is 11.3 Å². The minimum atomic E-state index is 0.380. The number of fused-ring (bicyclic) bond motifs is 1. The Balaban J connectivity index is 1.84. The lowest BCUT2D eigenvalue weighted by Crippen LogP contribution is -2.31. The second-order valence-electron chi connectivity index (χ2n) is 3.63. The predicted molar refractivity (Wildman–Crippen MR) is 61.5 cm³/mol. The maximum Gasteiger partial charge on any atom is 0.0701 e. The van der Waals surface area contributed by atoms with E-state index in [1.54, 1.807) is 7.11 Å². The van der Waals surface area contributed by atoms with E-state index in [9.17, 15) is 0 Å². The Hall–Kier alpha value is -0.420. The van der Waals surface area contributed by atoms with Crippen LogP contribution in [0.2, 0.25) is 0 Å². The number of hydrogen-bond donors (Lipinski definition) is 1. The van der Waals surface area contributed by atoms with E-state index in [2.05, 4.69) is 16.8 Å². The average molecular weight is 227 g/mol. The smallest absolute Gasteiger partial charge is 0.0701 e. The lowest BCUT2D eigenvalue weighted by atomic mass is 10.1. The van der Waals surface area contributed by atoms with Crippen LogP contribution in [0.3, 0.4) is 0 Å². The van der Waals surface area contributed by atoms with Crippen LogP contribution in [0.15, 0.2) is 11.4 Å². The predicted octanol–water partition coefficient (Wildman–Crippen LogP) is 1.60. The van der Waals surface area contributed by atoms with E-state index in [0.717, 1.165) is 19.6 Å². The van der Waals surface area contributed by atoms with E-state index in [0.29, 0.717) is 19.3 Å². The molecule has 0 bridgehead atoms. The normalized spacial score (nSPS) is 20.2. The lowest BCUT2D eigenvalue weighted by molar-refractivity contribution is 0.0582. The number of rotatable bonds is 5. The van der Waals surface area contributed by atoms with Crippen molar-refractivity contribution in [2.45, 2.75) is 12.5 Å². The Labute approximate surface area is 94.4 Å². The van der Waals surface area contributed by atoms with E-state index < -0.39 is 0 Å². The quantitative estimate of drug-likeness (QED) is 0.775. The van der Waals surface area contributed by atoms with Gasteiger partial charge in [0, 0.05) is 12.0 Å². The number of ether oxygens (including phenoxy) is 2. The summed E-state index contributed by atoms with van der Waals surface area (Å²) < 4.78 is 10.5. The molecule has 3 nitrogen and oxygen atoms in total. The summed E-state index contributed by atoms with van der Waals surface area (Å²) in [4.78, 5) is 1.44. The van der Waals surface area contributed by atoms with Crippen LogP contribution in [0.25, 0.3) is 0 Å². The first-order chi connectivity index (χ1) is 7.42. The summed E-state index contributed by atoms with van der Waals surface area (Å²) >= 11 is 1.82. The van der Waals surface area contributed by atoms with Gasteiger partial charge in [0.1, 0.15) is 0 Å². The molecule has 1 aliphatic rings. The highest BCUT2D eigenvalue weighted by Crippen LogP contribution is 2.28. The van der Waals surface area contributed by atoms with Gasteiger partial charge in [-0.2, -0.15) is 0 Å². The molecular weight excluding hydrogens is 210 g/mol. The van der Waals surface area contributed by atoms with Crippen LogP contribution in [0.1, 0.15) is 16.5 Å². The van der Waals surface area contributed by atoms with Crippen molar-refractivity contribution in [3.63, 3.8) is 0 Å². The average Bonchev–Trinajstić information content (AvgIpc) is 2.73. The van der Waals surface area contributed by atoms with E-state index in [1.165, 1.54) is 10.4 Å². The minimum Gasteiger partial charge on any atom is -0.382 e. The molecule has 84 valence electrons. The van der Waals surface area contributed by atoms with E-state index in [1.807, 2.05) is 11.3 Å². The molecule has 0 radical (unpaired) electrons. The molecule has 1 aromatic rings. The highest BCUT2D eigenvalue weighted by molar-refractivity contribution is 7.10. The van der Waals surface area contributed by atoms with Crippen molar-refractivity contribution in [3.8, 4) is 0 Å². The molecule has 4 heteroatoms. The molecule has 1 N–H and O–H groups in total. The van der Waals surface area contributed by atoms with Gasteiger partial charge in [0.25, 0.3) is 0 Å². The molecule has 15 heavy (non-hydrogen) atoms. The van der Waals surface area contributed by atoms with Crippen molar-refractivity contribution in [2.24, 2.45) is 0 Å². The van der Waals surface area contributed by atoms with Gasteiger partial charge in [-0.1, -0.05) is 0 Å². The summed E-state index contributed by atoms with van der Waals surface area (Å²) in [6, 6.07) is 2.61. The molecule has 1 unspecified atom stereocenters. The standard InChI is InChI=1S/C11H17NO2S/c1-13-5-6-14-8-10-11-9(2-4-12-10)3-7-15-11/h3,7,10,12H,2,4-6,8H2,1H3. The summed E-state index contributed by atoms with van der Waals surface area (Å²) in [5.41, 5.74) is 1.49. The first-order valence-corrected chi connectivity index (χ1v) is 6.16. The second kappa shape index (κ2) is 5.61. The molecular formula is C11H17NO2S. The third kappa shape index (κ3) is 2.78. The van der Waals surface area contributed by atoms with Gasteiger partial charge in [-0.05, 0) is 30.0 Å². The summed E-state index contributed by atoms with van der Waals surface area (Å²) in [5.74, 6) is 0. The SMILES string of the molecule is COCCOCC1NCCc2ccsc21. The molecule has 1 aromatic heterocycles. The highest BCUT2D eigenvalue weighted by atomic mass is 32.1. The number of methoxy groups -OCH3 is 1. The molecule has 0 fully saturated rings. The first kappa shape index (κ1) is 11.1. The van der Waals surface area contributed by atoms with Crippen LogP contribution in [-0.2, 0) is 15.9 Å². The van der Waals surface area contributed by atoms with Gasteiger partial charge in [-0.3, -0.25) is 0 Å².